The van der Waals surface area contributed by atoms with Crippen LogP contribution in [0.2, 0.25) is 0 Å². The van der Waals surface area contributed by atoms with Crippen molar-refractivity contribution in [3.63, 3.8) is 0 Å². The molecule has 0 aromatic heterocycles. The monoisotopic (exact) mass is 246 g/mol. The first kappa shape index (κ1) is 12.3. The summed E-state index contributed by atoms with van der Waals surface area (Å²) < 4.78 is 5.85. The molecule has 0 N–H and O–H groups in total. The molecule has 0 spiro atoms. The van der Waals surface area contributed by atoms with Gasteiger partial charge in [-0.1, -0.05) is 43.3 Å². The predicted octanol–water partition coefficient (Wildman–Crippen LogP) is 4.36. The van der Waals surface area contributed by atoms with Crippen molar-refractivity contribution in [3.8, 4) is 5.75 Å². The average molecular weight is 246 g/mol. The van der Waals surface area contributed by atoms with Crippen LogP contribution in [0, 0.1) is 0 Å². The van der Waals surface area contributed by atoms with Crippen LogP contribution in [0.5, 0.6) is 5.75 Å². The fraction of sp³-hybridized carbons (Fsp3) is 0.333. The van der Waals surface area contributed by atoms with Crippen molar-refractivity contribution in [2.75, 3.05) is 18.1 Å². The molecule has 1 nitrogen and oxygen atoms in total. The van der Waals surface area contributed by atoms with E-state index in [1.54, 1.807) is 0 Å². The molecule has 0 aliphatic heterocycles. The summed E-state index contributed by atoms with van der Waals surface area (Å²) >= 11 is 1.97. The fourth-order valence-electron chi connectivity index (χ4n) is 1.81. The first-order valence-corrected chi connectivity index (χ1v) is 7.25. The number of hydrogen-bond acceptors (Lipinski definition) is 2. The highest BCUT2D eigenvalue weighted by Gasteiger charge is 2.00. The van der Waals surface area contributed by atoms with E-state index in [0.717, 1.165) is 18.8 Å². The highest BCUT2D eigenvalue weighted by atomic mass is 32.2. The molecule has 2 rings (SSSR count). The van der Waals surface area contributed by atoms with Gasteiger partial charge in [-0.05, 0) is 29.4 Å². The van der Waals surface area contributed by atoms with Crippen molar-refractivity contribution >= 4 is 22.5 Å². The lowest BCUT2D eigenvalue weighted by Gasteiger charge is -2.08. The minimum Gasteiger partial charge on any atom is -0.493 e. The third kappa shape index (κ3) is 3.40. The van der Waals surface area contributed by atoms with Gasteiger partial charge in [0.1, 0.15) is 5.75 Å². The maximum Gasteiger partial charge on any atom is 0.127 e. The highest BCUT2D eigenvalue weighted by Crippen LogP contribution is 2.25. The van der Waals surface area contributed by atoms with Gasteiger partial charge in [0.15, 0.2) is 0 Å². The Morgan fingerprint density at radius 1 is 1.06 bits per heavy atom. The number of rotatable bonds is 6. The number of hydrogen-bond donors (Lipinski definition) is 0. The molecule has 0 fully saturated rings. The van der Waals surface area contributed by atoms with Gasteiger partial charge in [-0.3, -0.25) is 0 Å². The lowest BCUT2D eigenvalue weighted by atomic mass is 10.1. The Morgan fingerprint density at radius 2 is 1.88 bits per heavy atom. The van der Waals surface area contributed by atoms with E-state index in [2.05, 4.69) is 49.4 Å². The summed E-state index contributed by atoms with van der Waals surface area (Å²) in [5, 5.41) is 2.45. The zero-order chi connectivity index (χ0) is 11.9. The van der Waals surface area contributed by atoms with E-state index in [1.807, 2.05) is 11.8 Å². The molecule has 0 saturated heterocycles. The Morgan fingerprint density at radius 3 is 2.76 bits per heavy atom. The summed E-state index contributed by atoms with van der Waals surface area (Å²) in [4.78, 5) is 0. The molecule has 0 unspecified atom stereocenters. The summed E-state index contributed by atoms with van der Waals surface area (Å²) in [6.45, 7) is 3.00. The third-order valence-corrected chi connectivity index (χ3v) is 3.63. The highest BCUT2D eigenvalue weighted by molar-refractivity contribution is 7.99. The van der Waals surface area contributed by atoms with E-state index in [-0.39, 0.29) is 0 Å². The molecular weight excluding hydrogens is 228 g/mol. The fourth-order valence-corrected chi connectivity index (χ4v) is 2.42. The molecule has 2 aromatic carbocycles. The summed E-state index contributed by atoms with van der Waals surface area (Å²) in [6.07, 6.45) is 1.11. The zero-order valence-electron chi connectivity index (χ0n) is 10.2. The van der Waals surface area contributed by atoms with E-state index in [9.17, 15) is 0 Å². The van der Waals surface area contributed by atoms with Gasteiger partial charge in [0, 0.05) is 5.39 Å². The molecule has 90 valence electrons. The lowest BCUT2D eigenvalue weighted by molar-refractivity contribution is 0.322. The first-order chi connectivity index (χ1) is 8.42. The normalized spacial score (nSPS) is 10.6. The number of fused-ring (bicyclic) bond motifs is 1. The minimum atomic E-state index is 0.807. The van der Waals surface area contributed by atoms with Gasteiger partial charge in [0.05, 0.1) is 6.61 Å². The molecule has 0 heterocycles. The molecule has 0 radical (unpaired) electrons. The molecular formula is C15H18OS. The Bertz CT molecular complexity index is 462. The van der Waals surface area contributed by atoms with Crippen LogP contribution >= 0.6 is 11.8 Å². The topological polar surface area (TPSA) is 9.23 Å². The molecule has 2 aromatic rings. The van der Waals surface area contributed by atoms with Gasteiger partial charge in [-0.2, -0.15) is 11.8 Å². The van der Waals surface area contributed by atoms with E-state index in [0.29, 0.717) is 0 Å². The maximum atomic E-state index is 5.85. The number of ether oxygens (including phenoxy) is 1. The van der Waals surface area contributed by atoms with Crippen LogP contribution in [0.1, 0.15) is 13.3 Å². The standard InChI is InChI=1S/C15H18OS/c1-2-17-12-6-11-16-15-10-5-8-13-7-3-4-9-14(13)15/h3-5,7-10H,2,6,11-12H2,1H3. The van der Waals surface area contributed by atoms with E-state index in [1.165, 1.54) is 22.3 Å². The molecule has 0 aliphatic rings. The van der Waals surface area contributed by atoms with Gasteiger partial charge in [0.2, 0.25) is 0 Å². The predicted molar refractivity (Wildman–Crippen MR) is 77.1 cm³/mol. The quantitative estimate of drug-likeness (QED) is 0.700. The van der Waals surface area contributed by atoms with Crippen LogP contribution in [-0.2, 0) is 0 Å². The Balaban J connectivity index is 1.98. The van der Waals surface area contributed by atoms with Crippen LogP contribution in [0.4, 0.5) is 0 Å². The molecule has 0 aliphatic carbocycles. The van der Waals surface area contributed by atoms with Crippen molar-refractivity contribution in [1.82, 2.24) is 0 Å². The third-order valence-electron chi connectivity index (χ3n) is 2.64. The van der Waals surface area contributed by atoms with Gasteiger partial charge >= 0.3 is 0 Å². The van der Waals surface area contributed by atoms with Crippen LogP contribution in [-0.4, -0.2) is 18.1 Å². The van der Waals surface area contributed by atoms with Crippen LogP contribution < -0.4 is 4.74 Å². The van der Waals surface area contributed by atoms with E-state index in [4.69, 9.17) is 4.74 Å². The molecule has 17 heavy (non-hydrogen) atoms. The second-order valence-corrected chi connectivity index (χ2v) is 5.27. The van der Waals surface area contributed by atoms with Gasteiger partial charge in [-0.25, -0.2) is 0 Å². The van der Waals surface area contributed by atoms with Gasteiger partial charge < -0.3 is 4.74 Å². The summed E-state index contributed by atoms with van der Waals surface area (Å²) in [6, 6.07) is 14.6. The van der Waals surface area contributed by atoms with Gasteiger partial charge in [-0.15, -0.1) is 0 Å². The van der Waals surface area contributed by atoms with Crippen molar-refractivity contribution < 1.29 is 4.74 Å². The second kappa shape index (κ2) is 6.55. The van der Waals surface area contributed by atoms with Crippen molar-refractivity contribution in [2.45, 2.75) is 13.3 Å². The van der Waals surface area contributed by atoms with Gasteiger partial charge in [0.25, 0.3) is 0 Å². The van der Waals surface area contributed by atoms with Crippen LogP contribution in [0.3, 0.4) is 0 Å². The molecule has 0 saturated carbocycles. The summed E-state index contributed by atoms with van der Waals surface area (Å²) in [7, 11) is 0. The second-order valence-electron chi connectivity index (χ2n) is 3.88. The molecule has 0 amide bonds. The SMILES string of the molecule is CCSCCCOc1cccc2ccccc12. The van der Waals surface area contributed by atoms with E-state index >= 15 is 0 Å². The Labute approximate surface area is 107 Å². The van der Waals surface area contributed by atoms with Crippen molar-refractivity contribution in [1.29, 1.82) is 0 Å². The average Bonchev–Trinajstić information content (AvgIpc) is 2.39. The Hall–Kier alpha value is -1.15. The summed E-state index contributed by atoms with van der Waals surface area (Å²) in [5.41, 5.74) is 0. The largest absolute Gasteiger partial charge is 0.493 e. The number of thioether (sulfide) groups is 1. The lowest BCUT2D eigenvalue weighted by Crippen LogP contribution is -1.99. The maximum absolute atomic E-state index is 5.85. The molecule has 0 atom stereocenters. The first-order valence-electron chi connectivity index (χ1n) is 6.10. The minimum absolute atomic E-state index is 0.807. The zero-order valence-corrected chi connectivity index (χ0v) is 11.0. The molecule has 2 heteroatoms. The summed E-state index contributed by atoms with van der Waals surface area (Å²) in [5.74, 6) is 3.37. The van der Waals surface area contributed by atoms with Crippen molar-refractivity contribution in [2.24, 2.45) is 0 Å². The van der Waals surface area contributed by atoms with Crippen molar-refractivity contribution in [3.05, 3.63) is 42.5 Å². The molecule has 0 bridgehead atoms. The smallest absolute Gasteiger partial charge is 0.127 e. The van der Waals surface area contributed by atoms with Crippen LogP contribution in [0.25, 0.3) is 10.8 Å². The van der Waals surface area contributed by atoms with Crippen LogP contribution in [0.15, 0.2) is 42.5 Å². The Kier molecular flexibility index (Phi) is 4.75. The van der Waals surface area contributed by atoms with E-state index < -0.39 is 0 Å². The number of benzene rings is 2.